The Morgan fingerprint density at radius 3 is 2.43 bits per heavy atom. The molecule has 1 amide bonds. The number of benzene rings is 1. The highest BCUT2D eigenvalue weighted by Gasteiger charge is 2.29. The maximum absolute atomic E-state index is 12.2. The first kappa shape index (κ1) is 17.9. The van der Waals surface area contributed by atoms with Crippen LogP contribution >= 0.6 is 11.8 Å². The monoisotopic (exact) mass is 365 g/mol. The van der Waals surface area contributed by atoms with Crippen molar-refractivity contribution in [3.8, 4) is 0 Å². The number of alkyl halides is 3. The molecule has 4 nitrogen and oxygen atoms in total. The van der Waals surface area contributed by atoms with Crippen molar-refractivity contribution < 1.29 is 26.4 Å². The van der Waals surface area contributed by atoms with E-state index in [0.717, 1.165) is 0 Å². The number of nitrogens with one attached hydrogen (secondary N) is 1. The molecule has 0 bridgehead atoms. The van der Waals surface area contributed by atoms with Crippen molar-refractivity contribution in [1.82, 2.24) is 5.32 Å². The lowest BCUT2D eigenvalue weighted by Crippen LogP contribution is -2.34. The van der Waals surface area contributed by atoms with Gasteiger partial charge in [0.15, 0.2) is 9.84 Å². The van der Waals surface area contributed by atoms with Gasteiger partial charge in [0.05, 0.1) is 11.5 Å². The summed E-state index contributed by atoms with van der Waals surface area (Å²) in [5.74, 6) is -0.420. The minimum atomic E-state index is -4.33. The third-order valence-corrected chi connectivity index (χ3v) is 5.63. The fourth-order valence-electron chi connectivity index (χ4n) is 2.11. The van der Waals surface area contributed by atoms with Gasteiger partial charge in [0.2, 0.25) is 5.91 Å². The summed E-state index contributed by atoms with van der Waals surface area (Å²) in [5.41, 5.74) is -3.76. The largest absolute Gasteiger partial charge is 0.446 e. The molecule has 0 aromatic heterocycles. The van der Waals surface area contributed by atoms with Crippen LogP contribution in [-0.2, 0) is 14.6 Å². The van der Waals surface area contributed by atoms with Crippen LogP contribution in [0, 0.1) is 0 Å². The summed E-state index contributed by atoms with van der Waals surface area (Å²) < 4.78 is 59.2. The topological polar surface area (TPSA) is 63.2 Å². The van der Waals surface area contributed by atoms with Crippen LogP contribution in [-0.4, -0.2) is 37.4 Å². The van der Waals surface area contributed by atoms with Crippen molar-refractivity contribution in [2.75, 3.05) is 11.5 Å². The lowest BCUT2D eigenvalue weighted by molar-refractivity contribution is -0.116. The molecular formula is C14H14F3NO3S2. The maximum atomic E-state index is 12.2. The maximum Gasteiger partial charge on any atom is 0.446 e. The molecule has 1 atom stereocenters. The van der Waals surface area contributed by atoms with Crippen LogP contribution in [0.25, 0.3) is 6.08 Å². The summed E-state index contributed by atoms with van der Waals surface area (Å²) in [5, 5.41) is 2.59. The Hall–Kier alpha value is -1.48. The van der Waals surface area contributed by atoms with Crippen molar-refractivity contribution in [3.05, 3.63) is 35.9 Å². The van der Waals surface area contributed by atoms with E-state index in [4.69, 9.17) is 0 Å². The normalized spacial score (nSPS) is 20.7. The third kappa shape index (κ3) is 6.26. The molecule has 1 aliphatic rings. The molecule has 0 saturated carbocycles. The Morgan fingerprint density at radius 1 is 1.26 bits per heavy atom. The molecule has 1 aliphatic heterocycles. The van der Waals surface area contributed by atoms with Crippen molar-refractivity contribution in [2.24, 2.45) is 0 Å². The lowest BCUT2D eigenvalue weighted by Gasteiger charge is -2.08. The zero-order valence-electron chi connectivity index (χ0n) is 11.8. The van der Waals surface area contributed by atoms with E-state index in [-0.39, 0.29) is 34.2 Å². The minimum absolute atomic E-state index is 0.0596. The molecule has 1 N–H and O–H groups in total. The van der Waals surface area contributed by atoms with Crippen LogP contribution in [0.15, 0.2) is 35.2 Å². The Morgan fingerprint density at radius 2 is 1.91 bits per heavy atom. The molecule has 1 aromatic carbocycles. The number of thioether (sulfide) groups is 1. The molecule has 0 spiro atoms. The van der Waals surface area contributed by atoms with Crippen molar-refractivity contribution in [3.63, 3.8) is 0 Å². The fourth-order valence-corrected chi connectivity index (χ4v) is 4.32. The summed E-state index contributed by atoms with van der Waals surface area (Å²) in [6.07, 6.45) is 3.09. The Balaban J connectivity index is 1.88. The highest BCUT2D eigenvalue weighted by atomic mass is 32.2. The number of carbonyl (C=O) groups is 1. The summed E-state index contributed by atoms with van der Waals surface area (Å²) in [6, 6.07) is 5.19. The van der Waals surface area contributed by atoms with E-state index in [0.29, 0.717) is 12.0 Å². The fraction of sp³-hybridized carbons (Fsp3) is 0.357. The number of hydrogen-bond donors (Lipinski definition) is 1. The number of sulfone groups is 1. The predicted octanol–water partition coefficient (Wildman–Crippen LogP) is 2.62. The summed E-state index contributed by atoms with van der Waals surface area (Å²) in [6.45, 7) is 0. The molecule has 1 saturated heterocycles. The molecule has 0 aliphatic carbocycles. The van der Waals surface area contributed by atoms with E-state index in [9.17, 15) is 26.4 Å². The van der Waals surface area contributed by atoms with Gasteiger partial charge >= 0.3 is 5.51 Å². The number of hydrogen-bond acceptors (Lipinski definition) is 4. The first-order valence-corrected chi connectivity index (χ1v) is 9.32. The van der Waals surface area contributed by atoms with Gasteiger partial charge in [0, 0.05) is 17.0 Å². The zero-order valence-corrected chi connectivity index (χ0v) is 13.5. The Bertz CT molecular complexity index is 697. The highest BCUT2D eigenvalue weighted by molar-refractivity contribution is 8.00. The molecule has 1 heterocycles. The average Bonchev–Trinajstić information content (AvgIpc) is 2.75. The molecule has 9 heteroatoms. The van der Waals surface area contributed by atoms with Crippen molar-refractivity contribution in [1.29, 1.82) is 0 Å². The summed E-state index contributed by atoms with van der Waals surface area (Å²) in [7, 11) is -3.06. The second-order valence-electron chi connectivity index (χ2n) is 5.06. The molecular weight excluding hydrogens is 351 g/mol. The Labute approximate surface area is 136 Å². The SMILES string of the molecule is O=C(/C=C/c1ccc(SC(F)(F)F)cc1)NC1CCS(=O)(=O)C1. The van der Waals surface area contributed by atoms with E-state index in [1.165, 1.54) is 36.4 Å². The molecule has 1 fully saturated rings. The third-order valence-electron chi connectivity index (χ3n) is 3.12. The van der Waals surface area contributed by atoms with Crippen molar-refractivity contribution in [2.45, 2.75) is 22.9 Å². The van der Waals surface area contributed by atoms with Crippen LogP contribution in [0.3, 0.4) is 0 Å². The van der Waals surface area contributed by atoms with Crippen LogP contribution in [0.5, 0.6) is 0 Å². The van der Waals surface area contributed by atoms with E-state index >= 15 is 0 Å². The van der Waals surface area contributed by atoms with Crippen LogP contribution in [0.2, 0.25) is 0 Å². The molecule has 1 aromatic rings. The smallest absolute Gasteiger partial charge is 0.349 e. The van der Waals surface area contributed by atoms with Gasteiger partial charge in [-0.1, -0.05) is 12.1 Å². The summed E-state index contributed by atoms with van der Waals surface area (Å²) >= 11 is -0.205. The van der Waals surface area contributed by atoms with Gasteiger partial charge in [-0.15, -0.1) is 0 Å². The highest BCUT2D eigenvalue weighted by Crippen LogP contribution is 2.36. The minimum Gasteiger partial charge on any atom is -0.349 e. The van der Waals surface area contributed by atoms with Gasteiger partial charge in [-0.2, -0.15) is 13.2 Å². The molecule has 23 heavy (non-hydrogen) atoms. The van der Waals surface area contributed by atoms with E-state index in [1.54, 1.807) is 0 Å². The zero-order chi connectivity index (χ0) is 17.1. The predicted molar refractivity (Wildman–Crippen MR) is 82.6 cm³/mol. The van der Waals surface area contributed by atoms with Crippen LogP contribution in [0.4, 0.5) is 13.2 Å². The van der Waals surface area contributed by atoms with Crippen molar-refractivity contribution >= 4 is 33.6 Å². The molecule has 0 radical (unpaired) electrons. The standard InChI is InChI=1S/C14H14F3NO3S2/c15-14(16,17)22-12-4-1-10(2-5-12)3-6-13(19)18-11-7-8-23(20,21)9-11/h1-6,11H,7-9H2,(H,18,19)/b6-3+. The molecule has 126 valence electrons. The van der Waals surface area contributed by atoms with Gasteiger partial charge in [0.1, 0.15) is 0 Å². The quantitative estimate of drug-likeness (QED) is 0.658. The number of halogens is 3. The Kier molecular flexibility index (Phi) is 5.41. The second kappa shape index (κ2) is 6.96. The first-order valence-electron chi connectivity index (χ1n) is 6.68. The second-order valence-corrected chi connectivity index (χ2v) is 8.43. The number of carbonyl (C=O) groups excluding carboxylic acids is 1. The summed E-state index contributed by atoms with van der Waals surface area (Å²) in [4.78, 5) is 11.8. The van der Waals surface area contributed by atoms with E-state index in [1.807, 2.05) is 0 Å². The van der Waals surface area contributed by atoms with Crippen LogP contribution < -0.4 is 5.32 Å². The average molecular weight is 365 g/mol. The molecule has 1 unspecified atom stereocenters. The van der Waals surface area contributed by atoms with Gasteiger partial charge < -0.3 is 5.32 Å². The number of amides is 1. The van der Waals surface area contributed by atoms with E-state index < -0.39 is 21.3 Å². The number of rotatable bonds is 4. The van der Waals surface area contributed by atoms with Gasteiger partial charge in [-0.3, -0.25) is 4.79 Å². The molecule has 2 rings (SSSR count). The first-order chi connectivity index (χ1) is 10.6. The lowest BCUT2D eigenvalue weighted by atomic mass is 10.2. The van der Waals surface area contributed by atoms with Gasteiger partial charge in [-0.05, 0) is 42.0 Å². The van der Waals surface area contributed by atoms with Crippen LogP contribution in [0.1, 0.15) is 12.0 Å². The van der Waals surface area contributed by atoms with Gasteiger partial charge in [-0.25, -0.2) is 8.42 Å². The van der Waals surface area contributed by atoms with Gasteiger partial charge in [0.25, 0.3) is 0 Å². The van der Waals surface area contributed by atoms with E-state index in [2.05, 4.69) is 5.32 Å².